The molecule has 0 aromatic carbocycles. The summed E-state index contributed by atoms with van der Waals surface area (Å²) in [5.41, 5.74) is -0.492. The standard InChI is InChI=1S/C8H9N3O3/c1-4-5-6(9-14-4)10(2)8(13)11(3)7(5)12/h1-3H3. The van der Waals surface area contributed by atoms with Crippen LogP contribution in [-0.4, -0.2) is 14.3 Å². The number of hydrogen-bond acceptors (Lipinski definition) is 4. The lowest BCUT2D eigenvalue weighted by atomic mass is 10.3. The predicted octanol–water partition coefficient (Wildman–Crippen LogP) is -0.466. The van der Waals surface area contributed by atoms with E-state index in [0.29, 0.717) is 11.1 Å². The lowest BCUT2D eigenvalue weighted by molar-refractivity contribution is 0.402. The lowest BCUT2D eigenvalue weighted by Crippen LogP contribution is -2.36. The van der Waals surface area contributed by atoms with Crippen molar-refractivity contribution in [2.45, 2.75) is 6.92 Å². The Morgan fingerprint density at radius 3 is 2.50 bits per heavy atom. The fraction of sp³-hybridized carbons (Fsp3) is 0.375. The fourth-order valence-electron chi connectivity index (χ4n) is 1.41. The first-order chi connectivity index (χ1) is 6.54. The molecular formula is C8H9N3O3. The third-order valence-corrected chi connectivity index (χ3v) is 2.25. The smallest absolute Gasteiger partial charge is 0.332 e. The number of fused-ring (bicyclic) bond motifs is 1. The van der Waals surface area contributed by atoms with Crippen molar-refractivity contribution in [3.8, 4) is 0 Å². The van der Waals surface area contributed by atoms with Gasteiger partial charge in [0.05, 0.1) is 0 Å². The quantitative estimate of drug-likeness (QED) is 0.570. The van der Waals surface area contributed by atoms with Crippen molar-refractivity contribution in [1.82, 2.24) is 14.3 Å². The van der Waals surface area contributed by atoms with Crippen LogP contribution in [0.4, 0.5) is 0 Å². The van der Waals surface area contributed by atoms with E-state index in [1.165, 1.54) is 11.6 Å². The van der Waals surface area contributed by atoms with Crippen molar-refractivity contribution in [3.05, 3.63) is 26.6 Å². The average Bonchev–Trinajstić information content (AvgIpc) is 2.54. The van der Waals surface area contributed by atoms with E-state index in [1.54, 1.807) is 14.0 Å². The zero-order chi connectivity index (χ0) is 10.5. The Morgan fingerprint density at radius 2 is 1.86 bits per heavy atom. The molecule has 0 aliphatic rings. The van der Waals surface area contributed by atoms with E-state index in [0.717, 1.165) is 4.57 Å². The van der Waals surface area contributed by atoms with Crippen LogP contribution in [0.3, 0.4) is 0 Å². The molecule has 0 unspecified atom stereocenters. The van der Waals surface area contributed by atoms with Crippen molar-refractivity contribution < 1.29 is 4.52 Å². The topological polar surface area (TPSA) is 70.0 Å². The highest BCUT2D eigenvalue weighted by Crippen LogP contribution is 2.09. The number of nitrogens with zero attached hydrogens (tertiary/aromatic N) is 3. The van der Waals surface area contributed by atoms with Crippen LogP contribution in [0.2, 0.25) is 0 Å². The van der Waals surface area contributed by atoms with E-state index in [1.807, 2.05) is 0 Å². The van der Waals surface area contributed by atoms with Gasteiger partial charge in [-0.05, 0) is 6.92 Å². The maximum atomic E-state index is 11.6. The van der Waals surface area contributed by atoms with Gasteiger partial charge in [0.25, 0.3) is 5.56 Å². The van der Waals surface area contributed by atoms with Crippen LogP contribution in [-0.2, 0) is 14.1 Å². The van der Waals surface area contributed by atoms with Crippen LogP contribution in [0.25, 0.3) is 11.0 Å². The molecule has 0 atom stereocenters. The van der Waals surface area contributed by atoms with Gasteiger partial charge in [0.15, 0.2) is 5.65 Å². The molecule has 14 heavy (non-hydrogen) atoms. The zero-order valence-corrected chi connectivity index (χ0v) is 8.07. The van der Waals surface area contributed by atoms with Crippen molar-refractivity contribution in [2.24, 2.45) is 14.1 Å². The van der Waals surface area contributed by atoms with Gasteiger partial charge in [0.1, 0.15) is 11.1 Å². The SMILES string of the molecule is Cc1onc2c1c(=O)n(C)c(=O)n2C. The van der Waals surface area contributed by atoms with Crippen LogP contribution in [0.1, 0.15) is 5.76 Å². The second-order valence-electron chi connectivity index (χ2n) is 3.14. The molecule has 2 heterocycles. The summed E-state index contributed by atoms with van der Waals surface area (Å²) in [6.07, 6.45) is 0. The molecule has 2 rings (SSSR count). The minimum atomic E-state index is -0.407. The van der Waals surface area contributed by atoms with Gasteiger partial charge in [0.2, 0.25) is 0 Å². The summed E-state index contributed by atoms with van der Waals surface area (Å²) in [5.74, 6) is 0.427. The molecule has 0 saturated carbocycles. The van der Waals surface area contributed by atoms with Gasteiger partial charge < -0.3 is 4.52 Å². The van der Waals surface area contributed by atoms with Gasteiger partial charge in [-0.25, -0.2) is 4.79 Å². The van der Waals surface area contributed by atoms with Crippen LogP contribution in [0.15, 0.2) is 14.1 Å². The molecule has 0 amide bonds. The second-order valence-corrected chi connectivity index (χ2v) is 3.14. The molecule has 74 valence electrons. The minimum absolute atomic E-state index is 0.288. The van der Waals surface area contributed by atoms with E-state index in [2.05, 4.69) is 5.16 Å². The summed E-state index contributed by atoms with van der Waals surface area (Å²) in [5, 5.41) is 4.01. The summed E-state index contributed by atoms with van der Waals surface area (Å²) in [4.78, 5) is 23.1. The predicted molar refractivity (Wildman–Crippen MR) is 49.2 cm³/mol. The van der Waals surface area contributed by atoms with Gasteiger partial charge in [-0.15, -0.1) is 0 Å². The highest BCUT2D eigenvalue weighted by Gasteiger charge is 2.14. The molecule has 0 N–H and O–H groups in total. The fourth-order valence-corrected chi connectivity index (χ4v) is 1.41. The molecule has 0 radical (unpaired) electrons. The van der Waals surface area contributed by atoms with Gasteiger partial charge in [0, 0.05) is 14.1 Å². The Bertz CT molecular complexity index is 617. The van der Waals surface area contributed by atoms with Crippen molar-refractivity contribution >= 4 is 11.0 Å². The molecule has 0 fully saturated rings. The number of hydrogen-bond donors (Lipinski definition) is 0. The average molecular weight is 195 g/mol. The largest absolute Gasteiger partial charge is 0.359 e. The van der Waals surface area contributed by atoms with E-state index >= 15 is 0 Å². The van der Waals surface area contributed by atoms with Crippen molar-refractivity contribution in [3.63, 3.8) is 0 Å². The third-order valence-electron chi connectivity index (χ3n) is 2.25. The van der Waals surface area contributed by atoms with E-state index in [-0.39, 0.29) is 11.2 Å². The molecule has 2 aromatic rings. The van der Waals surface area contributed by atoms with Crippen molar-refractivity contribution in [2.75, 3.05) is 0 Å². The Kier molecular flexibility index (Phi) is 1.60. The first-order valence-electron chi connectivity index (χ1n) is 4.06. The van der Waals surface area contributed by atoms with Gasteiger partial charge in [-0.2, -0.15) is 0 Å². The normalized spacial score (nSPS) is 11.1. The molecule has 2 aromatic heterocycles. The maximum Gasteiger partial charge on any atom is 0.332 e. The Balaban J connectivity index is 3.22. The summed E-state index contributed by atoms with van der Waals surface area (Å²) in [7, 11) is 2.97. The third kappa shape index (κ3) is 0.876. The molecule has 0 spiro atoms. The monoisotopic (exact) mass is 195 g/mol. The highest BCUT2D eigenvalue weighted by atomic mass is 16.5. The number of aryl methyl sites for hydroxylation is 2. The molecule has 0 saturated heterocycles. The molecule has 0 aliphatic heterocycles. The molecule has 0 bridgehead atoms. The summed E-state index contributed by atoms with van der Waals surface area (Å²) < 4.78 is 7.18. The van der Waals surface area contributed by atoms with Crippen LogP contribution in [0, 0.1) is 6.92 Å². The number of rotatable bonds is 0. The summed E-state index contributed by atoms with van der Waals surface area (Å²) >= 11 is 0. The molecule has 6 heteroatoms. The van der Waals surface area contributed by atoms with E-state index in [9.17, 15) is 9.59 Å². The Labute approximate surface area is 78.4 Å². The van der Waals surface area contributed by atoms with Gasteiger partial charge in [-0.1, -0.05) is 5.16 Å². The number of aromatic nitrogens is 3. The zero-order valence-electron chi connectivity index (χ0n) is 8.07. The van der Waals surface area contributed by atoms with Crippen LogP contribution >= 0.6 is 0 Å². The molecular weight excluding hydrogens is 186 g/mol. The summed E-state index contributed by atoms with van der Waals surface area (Å²) in [6, 6.07) is 0. The lowest BCUT2D eigenvalue weighted by Gasteiger charge is -2.00. The summed E-state index contributed by atoms with van der Waals surface area (Å²) in [6.45, 7) is 1.64. The highest BCUT2D eigenvalue weighted by molar-refractivity contribution is 5.75. The van der Waals surface area contributed by atoms with Crippen molar-refractivity contribution in [1.29, 1.82) is 0 Å². The second kappa shape index (κ2) is 2.57. The Hall–Kier alpha value is -1.85. The van der Waals surface area contributed by atoms with Crippen LogP contribution < -0.4 is 11.2 Å². The maximum absolute atomic E-state index is 11.6. The van der Waals surface area contributed by atoms with Gasteiger partial charge in [-0.3, -0.25) is 13.9 Å². The van der Waals surface area contributed by atoms with Gasteiger partial charge >= 0.3 is 5.69 Å². The first kappa shape index (κ1) is 8.74. The first-order valence-corrected chi connectivity index (χ1v) is 4.06. The van der Waals surface area contributed by atoms with Crippen LogP contribution in [0.5, 0.6) is 0 Å². The van der Waals surface area contributed by atoms with E-state index in [4.69, 9.17) is 4.52 Å². The Morgan fingerprint density at radius 1 is 1.21 bits per heavy atom. The molecule has 6 nitrogen and oxygen atoms in total. The minimum Gasteiger partial charge on any atom is -0.359 e. The molecule has 0 aliphatic carbocycles. The van der Waals surface area contributed by atoms with E-state index < -0.39 is 5.69 Å².